The first-order valence-electron chi connectivity index (χ1n) is 20.3. The minimum absolute atomic E-state index is 0.105. The molecule has 2 amide bonds. The molecule has 0 bridgehead atoms. The van der Waals surface area contributed by atoms with Crippen LogP contribution in [0.15, 0.2) is 204 Å². The Bertz CT molecular complexity index is 2540. The third-order valence-corrected chi connectivity index (χ3v) is 15.4. The van der Waals surface area contributed by atoms with E-state index in [1.807, 2.05) is 115 Å². The summed E-state index contributed by atoms with van der Waals surface area (Å²) in [6.07, 6.45) is -0.599. The number of amides is 2. The van der Waals surface area contributed by atoms with Crippen LogP contribution >= 0.6 is 35.3 Å². The van der Waals surface area contributed by atoms with Gasteiger partial charge < -0.3 is 15.2 Å². The Morgan fingerprint density at radius 3 is 1.67 bits per heavy atom. The molecule has 1 saturated heterocycles. The highest BCUT2D eigenvalue weighted by Crippen LogP contribution is 2.56. The van der Waals surface area contributed by atoms with Crippen LogP contribution in [0.5, 0.6) is 0 Å². The Morgan fingerprint density at radius 1 is 0.714 bits per heavy atom. The largest absolute Gasteiger partial charge is 0.448 e. The number of aliphatic hydroxyl groups is 1. The van der Waals surface area contributed by atoms with Crippen molar-refractivity contribution >= 4 is 53.1 Å². The number of thioether (sulfide) groups is 3. The van der Waals surface area contributed by atoms with Gasteiger partial charge in [0.1, 0.15) is 22.1 Å². The van der Waals surface area contributed by atoms with Crippen molar-refractivity contribution in [3.05, 3.63) is 232 Å². The van der Waals surface area contributed by atoms with Crippen molar-refractivity contribution in [3.63, 3.8) is 0 Å². The molecule has 0 saturated carbocycles. The quantitative estimate of drug-likeness (QED) is 0.0302. The van der Waals surface area contributed by atoms with Crippen LogP contribution in [0.2, 0.25) is 0 Å². The number of nitrogens with one attached hydrogen (secondary N) is 2. The number of hydrogen-bond acceptors (Lipinski definition) is 10. The zero-order valence-corrected chi connectivity index (χ0v) is 36.1. The molecule has 6 aromatic carbocycles. The third-order valence-electron chi connectivity index (χ3n) is 11.1. The number of nitrogens with zero attached hydrogens (tertiary/aromatic N) is 3. The van der Waals surface area contributed by atoms with Crippen LogP contribution in [0.25, 0.3) is 0 Å². The molecule has 0 radical (unpaired) electrons. The van der Waals surface area contributed by atoms with Crippen LogP contribution < -0.4 is 5.32 Å². The summed E-state index contributed by atoms with van der Waals surface area (Å²) in [6, 6.07) is 57.4. The summed E-state index contributed by atoms with van der Waals surface area (Å²) in [5, 5.41) is 25.2. The van der Waals surface area contributed by atoms with Gasteiger partial charge in [0.15, 0.2) is 12.2 Å². The molecule has 1 aromatic heterocycles. The molecular formula is C50H41N5O5S3. The topological polar surface area (TPSA) is 138 Å². The highest BCUT2D eigenvalue weighted by atomic mass is 32.2. The van der Waals surface area contributed by atoms with Gasteiger partial charge in [-0.1, -0.05) is 194 Å². The van der Waals surface area contributed by atoms with Gasteiger partial charge in [-0.2, -0.15) is 10.3 Å². The second-order valence-electron chi connectivity index (χ2n) is 14.9. The van der Waals surface area contributed by atoms with E-state index in [0.29, 0.717) is 21.2 Å². The van der Waals surface area contributed by atoms with Crippen molar-refractivity contribution in [2.75, 3.05) is 5.75 Å². The van der Waals surface area contributed by atoms with Crippen molar-refractivity contribution in [1.82, 2.24) is 25.6 Å². The Morgan fingerprint density at radius 2 is 1.19 bits per heavy atom. The number of hydrogen-bond donors (Lipinski definition) is 3. The molecule has 0 spiro atoms. The lowest BCUT2D eigenvalue weighted by molar-refractivity contribution is -0.155. The number of aromatic amines is 1. The van der Waals surface area contributed by atoms with Gasteiger partial charge in [0, 0.05) is 10.7 Å². The molecule has 2 aliphatic heterocycles. The van der Waals surface area contributed by atoms with Gasteiger partial charge in [0.2, 0.25) is 0 Å². The number of carbonyl (C=O) groups is 3. The van der Waals surface area contributed by atoms with Crippen molar-refractivity contribution < 1.29 is 24.2 Å². The summed E-state index contributed by atoms with van der Waals surface area (Å²) < 4.78 is 6.10. The monoisotopic (exact) mass is 887 g/mol. The fourth-order valence-corrected chi connectivity index (χ4v) is 12.8. The highest BCUT2D eigenvalue weighted by molar-refractivity contribution is 8.19. The predicted octanol–water partition coefficient (Wildman–Crippen LogP) is 8.67. The lowest BCUT2D eigenvalue weighted by Gasteiger charge is -2.50. The van der Waals surface area contributed by atoms with Crippen molar-refractivity contribution in [3.8, 4) is 0 Å². The number of benzene rings is 6. The van der Waals surface area contributed by atoms with Gasteiger partial charge in [-0.25, -0.2) is 4.79 Å². The number of carbonyl (C=O) groups excluding carboxylic acids is 3. The van der Waals surface area contributed by atoms with Crippen LogP contribution in [0, 0.1) is 0 Å². The number of rotatable bonds is 15. The molecule has 9 rings (SSSR count). The van der Waals surface area contributed by atoms with Gasteiger partial charge in [-0.05, 0) is 33.4 Å². The van der Waals surface area contributed by atoms with E-state index >= 15 is 4.79 Å². The molecule has 4 atom stereocenters. The molecule has 3 N–H and O–H groups in total. The summed E-state index contributed by atoms with van der Waals surface area (Å²) in [4.78, 5) is 45.3. The van der Waals surface area contributed by atoms with Gasteiger partial charge in [0.25, 0.3) is 11.8 Å². The molecule has 13 heteroatoms. The maximum absolute atomic E-state index is 15.2. The summed E-state index contributed by atoms with van der Waals surface area (Å²) >= 11 is 4.44. The van der Waals surface area contributed by atoms with Crippen LogP contribution in [0.1, 0.15) is 45.6 Å². The molecule has 7 aromatic rings. The van der Waals surface area contributed by atoms with E-state index in [2.05, 4.69) is 57.1 Å². The number of fused-ring (bicyclic) bond motifs is 1. The van der Waals surface area contributed by atoms with Gasteiger partial charge in [-0.15, -0.1) is 28.6 Å². The Hall–Kier alpha value is -6.38. The minimum atomic E-state index is -1.48. The molecular weight excluding hydrogens is 847 g/mol. The first-order chi connectivity index (χ1) is 30.9. The molecule has 2 aliphatic rings. The summed E-state index contributed by atoms with van der Waals surface area (Å²) in [7, 11) is 0. The molecule has 0 aliphatic carbocycles. The van der Waals surface area contributed by atoms with Gasteiger partial charge in [-0.3, -0.25) is 14.5 Å². The van der Waals surface area contributed by atoms with Gasteiger partial charge >= 0.3 is 5.97 Å². The first kappa shape index (κ1) is 41.9. The molecule has 63 heavy (non-hydrogen) atoms. The number of esters is 1. The van der Waals surface area contributed by atoms with E-state index in [-0.39, 0.29) is 5.70 Å². The minimum Gasteiger partial charge on any atom is -0.448 e. The first-order valence-corrected chi connectivity index (χ1v) is 23.1. The average molecular weight is 888 g/mol. The predicted molar refractivity (Wildman–Crippen MR) is 247 cm³/mol. The third kappa shape index (κ3) is 8.44. The molecule has 3 heterocycles. The van der Waals surface area contributed by atoms with Crippen molar-refractivity contribution in [2.24, 2.45) is 0 Å². The van der Waals surface area contributed by atoms with E-state index in [1.165, 1.54) is 40.2 Å². The van der Waals surface area contributed by atoms with Crippen LogP contribution in [-0.4, -0.2) is 65.0 Å². The fraction of sp³-hybridized carbons (Fsp3) is 0.140. The molecule has 1 fully saturated rings. The zero-order valence-electron chi connectivity index (χ0n) is 33.6. The van der Waals surface area contributed by atoms with E-state index in [4.69, 9.17) is 4.74 Å². The number of aliphatic hydroxyl groups excluding tert-OH is 1. The highest BCUT2D eigenvalue weighted by Gasteiger charge is 2.56. The number of H-pyrrole nitrogens is 1. The fourth-order valence-electron chi connectivity index (χ4n) is 8.14. The van der Waals surface area contributed by atoms with Crippen LogP contribution in [0.4, 0.5) is 0 Å². The zero-order chi connectivity index (χ0) is 43.2. The Labute approximate surface area is 377 Å². The lowest BCUT2D eigenvalue weighted by Crippen LogP contribution is -2.70. The summed E-state index contributed by atoms with van der Waals surface area (Å²) in [5.74, 6) is -1.56. The maximum Gasteiger partial charge on any atom is 0.356 e. The Balaban J connectivity index is 1.18. The molecule has 10 nitrogen and oxygen atoms in total. The standard InChI is InChI=1S/C50H41N5O5S3/c56-43(33-19-7-1-8-20-33)45(57)52-41-46(58)55-42(48(59)60-44(34-21-9-2-10-22-34)35-23-11-3-12-24-35)39(32-61-47(41)55)62-49(63-40-31-51-54-53-40)50(36-25-13-4-14-26-36,37-27-15-5-16-28-37)38-29-17-6-18-30-38/h1-31,41,43-44,47,49,56H,32H2,(H,52,57)(H,51,53,54)/t41-,43?,47+,49?/m1/s1. The van der Waals surface area contributed by atoms with Crippen LogP contribution in [-0.2, 0) is 24.5 Å². The maximum atomic E-state index is 15.2. The number of ether oxygens (including phenoxy) is 1. The van der Waals surface area contributed by atoms with Crippen molar-refractivity contribution in [1.29, 1.82) is 0 Å². The summed E-state index contributed by atoms with van der Waals surface area (Å²) in [5.41, 5.74) is 4.20. The second-order valence-corrected chi connectivity index (χ2v) is 18.6. The van der Waals surface area contributed by atoms with E-state index < -0.39 is 51.4 Å². The normalized spacial score (nSPS) is 17.0. The Kier molecular flexibility index (Phi) is 12.6. The van der Waals surface area contributed by atoms with Crippen LogP contribution in [0.3, 0.4) is 0 Å². The van der Waals surface area contributed by atoms with E-state index in [0.717, 1.165) is 27.8 Å². The molecule has 314 valence electrons. The number of β-lactam (4-membered cyclic amide) rings is 1. The van der Waals surface area contributed by atoms with E-state index in [9.17, 15) is 14.7 Å². The summed E-state index contributed by atoms with van der Waals surface area (Å²) in [6.45, 7) is 0. The lowest BCUT2D eigenvalue weighted by atomic mass is 9.70. The van der Waals surface area contributed by atoms with Crippen molar-refractivity contribution in [2.45, 2.75) is 38.6 Å². The van der Waals surface area contributed by atoms with E-state index in [1.54, 1.807) is 36.5 Å². The average Bonchev–Trinajstić information content (AvgIpc) is 3.87. The second kappa shape index (κ2) is 18.9. The SMILES string of the molecule is O=C(OC(c1ccccc1)c1ccccc1)C1=C(SC(Sc2cn[nH]n2)C(c2ccccc2)(c2ccccc2)c2ccccc2)CS[C@H]2[C@H](NC(=O)C(O)c3ccccc3)C(=O)N12. The number of aromatic nitrogens is 3. The molecule has 2 unspecified atom stereocenters. The smallest absolute Gasteiger partial charge is 0.356 e. The van der Waals surface area contributed by atoms with Gasteiger partial charge in [0.05, 0.1) is 16.2 Å².